The zero-order valence-electron chi connectivity index (χ0n) is 17.0. The van der Waals surface area contributed by atoms with Crippen molar-refractivity contribution >= 4 is 67.9 Å². The minimum atomic E-state index is -0.265. The Bertz CT molecular complexity index is 1520. The molecule has 0 bridgehead atoms. The lowest BCUT2D eigenvalue weighted by molar-refractivity contribution is -0.121. The van der Waals surface area contributed by atoms with Crippen LogP contribution in [-0.4, -0.2) is 26.2 Å². The Hall–Kier alpha value is -3.48. The molecular formula is C24H17Cl2N5O. The van der Waals surface area contributed by atoms with Crippen molar-refractivity contribution in [1.29, 1.82) is 0 Å². The van der Waals surface area contributed by atoms with E-state index in [9.17, 15) is 4.79 Å². The maximum Gasteiger partial charge on any atom is 0.260 e. The summed E-state index contributed by atoms with van der Waals surface area (Å²) in [4.78, 5) is 22.3. The normalized spacial score (nSPS) is 12.0. The fraction of sp³-hybridized carbons (Fsp3) is 0.0833. The highest BCUT2D eigenvalue weighted by Gasteiger charge is 2.16. The molecule has 5 aromatic rings. The molecule has 6 nitrogen and oxygen atoms in total. The summed E-state index contributed by atoms with van der Waals surface area (Å²) in [5.41, 5.74) is 7.85. The molecule has 1 N–H and O–H groups in total. The Labute approximate surface area is 193 Å². The fourth-order valence-electron chi connectivity index (χ4n) is 3.65. The van der Waals surface area contributed by atoms with Crippen molar-refractivity contribution in [2.45, 2.75) is 13.5 Å². The largest absolute Gasteiger partial charge is 0.314 e. The van der Waals surface area contributed by atoms with E-state index >= 15 is 0 Å². The molecule has 2 aromatic heterocycles. The average molecular weight is 462 g/mol. The zero-order chi connectivity index (χ0) is 22.2. The maximum atomic E-state index is 12.8. The minimum Gasteiger partial charge on any atom is -0.314 e. The number of hydrazone groups is 1. The van der Waals surface area contributed by atoms with Gasteiger partial charge in [-0.3, -0.25) is 4.79 Å². The average Bonchev–Trinajstić information content (AvgIpc) is 3.09. The van der Waals surface area contributed by atoms with Gasteiger partial charge in [-0.1, -0.05) is 53.5 Å². The van der Waals surface area contributed by atoms with Gasteiger partial charge in [-0.05, 0) is 48.9 Å². The Balaban J connectivity index is 1.51. The van der Waals surface area contributed by atoms with Crippen LogP contribution in [0.4, 0.5) is 0 Å². The first-order valence-electron chi connectivity index (χ1n) is 9.93. The summed E-state index contributed by atoms with van der Waals surface area (Å²) in [7, 11) is 0. The quantitative estimate of drug-likeness (QED) is 0.280. The van der Waals surface area contributed by atoms with Gasteiger partial charge in [0, 0.05) is 15.4 Å². The molecule has 0 fully saturated rings. The van der Waals surface area contributed by atoms with Gasteiger partial charge in [0.1, 0.15) is 12.1 Å². The first-order valence-corrected chi connectivity index (χ1v) is 10.7. The van der Waals surface area contributed by atoms with Crippen molar-refractivity contribution < 1.29 is 4.79 Å². The molecule has 158 valence electrons. The van der Waals surface area contributed by atoms with Crippen LogP contribution >= 0.6 is 23.2 Å². The van der Waals surface area contributed by atoms with Crippen LogP contribution in [0.15, 0.2) is 71.8 Å². The summed E-state index contributed by atoms with van der Waals surface area (Å²) >= 11 is 12.1. The number of nitrogens with zero attached hydrogens (tertiary/aromatic N) is 4. The second-order valence-corrected chi connectivity index (χ2v) is 8.24. The zero-order valence-corrected chi connectivity index (χ0v) is 18.5. The summed E-state index contributed by atoms with van der Waals surface area (Å²) in [6.07, 6.45) is 0. The van der Waals surface area contributed by atoms with Crippen LogP contribution in [-0.2, 0) is 11.3 Å². The van der Waals surface area contributed by atoms with E-state index in [1.165, 1.54) is 0 Å². The van der Waals surface area contributed by atoms with Gasteiger partial charge in [0.15, 0.2) is 5.65 Å². The van der Waals surface area contributed by atoms with Gasteiger partial charge in [-0.15, -0.1) is 0 Å². The first kappa shape index (κ1) is 20.4. The van der Waals surface area contributed by atoms with E-state index in [1.807, 2.05) is 54.0 Å². The van der Waals surface area contributed by atoms with Crippen molar-refractivity contribution in [3.63, 3.8) is 0 Å². The SMILES string of the molecule is C/C(=N/NC(=O)Cn1c2ccccc2c2nc3cc(Cl)ccc3nc21)c1ccc(Cl)cc1. The van der Waals surface area contributed by atoms with Crippen LogP contribution in [0.25, 0.3) is 33.1 Å². The summed E-state index contributed by atoms with van der Waals surface area (Å²) < 4.78 is 1.86. The van der Waals surface area contributed by atoms with Crippen molar-refractivity contribution in [2.24, 2.45) is 5.10 Å². The minimum absolute atomic E-state index is 0.0508. The topological polar surface area (TPSA) is 72.2 Å². The lowest BCUT2D eigenvalue weighted by Crippen LogP contribution is -2.24. The van der Waals surface area contributed by atoms with E-state index in [-0.39, 0.29) is 12.5 Å². The molecule has 0 spiro atoms. The molecule has 0 saturated heterocycles. The number of para-hydroxylation sites is 1. The van der Waals surface area contributed by atoms with E-state index < -0.39 is 0 Å². The summed E-state index contributed by atoms with van der Waals surface area (Å²) in [5.74, 6) is -0.265. The smallest absolute Gasteiger partial charge is 0.260 e. The molecule has 2 heterocycles. The summed E-state index contributed by atoms with van der Waals surface area (Å²) in [6, 6.07) is 20.5. The van der Waals surface area contributed by atoms with Gasteiger partial charge in [0.25, 0.3) is 5.91 Å². The number of nitrogens with one attached hydrogen (secondary N) is 1. The third kappa shape index (κ3) is 3.79. The van der Waals surface area contributed by atoms with Crippen molar-refractivity contribution in [1.82, 2.24) is 20.0 Å². The first-order chi connectivity index (χ1) is 15.5. The maximum absolute atomic E-state index is 12.8. The van der Waals surface area contributed by atoms with Gasteiger partial charge in [-0.2, -0.15) is 5.10 Å². The highest BCUT2D eigenvalue weighted by Crippen LogP contribution is 2.28. The predicted octanol–water partition coefficient (Wildman–Crippen LogP) is 5.58. The third-order valence-electron chi connectivity index (χ3n) is 5.23. The number of amides is 1. The Morgan fingerprint density at radius 1 is 0.969 bits per heavy atom. The molecule has 32 heavy (non-hydrogen) atoms. The number of halogens is 2. The van der Waals surface area contributed by atoms with E-state index in [0.717, 1.165) is 22.0 Å². The van der Waals surface area contributed by atoms with E-state index in [0.29, 0.717) is 32.4 Å². The molecule has 5 rings (SSSR count). The van der Waals surface area contributed by atoms with Crippen LogP contribution in [0.1, 0.15) is 12.5 Å². The molecule has 0 atom stereocenters. The summed E-state index contributed by atoms with van der Waals surface area (Å²) in [6.45, 7) is 1.88. The Kier molecular flexibility index (Phi) is 5.25. The van der Waals surface area contributed by atoms with Gasteiger partial charge in [0.05, 0.1) is 22.3 Å². The molecule has 0 aliphatic carbocycles. The van der Waals surface area contributed by atoms with E-state index in [1.54, 1.807) is 24.3 Å². The molecule has 0 radical (unpaired) electrons. The summed E-state index contributed by atoms with van der Waals surface area (Å²) in [5, 5.41) is 6.40. The van der Waals surface area contributed by atoms with E-state index in [2.05, 4.69) is 10.5 Å². The predicted molar refractivity (Wildman–Crippen MR) is 129 cm³/mol. The number of hydrogen-bond acceptors (Lipinski definition) is 4. The van der Waals surface area contributed by atoms with Crippen LogP contribution in [0.3, 0.4) is 0 Å². The van der Waals surface area contributed by atoms with Crippen molar-refractivity contribution in [2.75, 3.05) is 0 Å². The van der Waals surface area contributed by atoms with Crippen LogP contribution < -0.4 is 5.43 Å². The Morgan fingerprint density at radius 2 is 1.72 bits per heavy atom. The molecule has 1 amide bonds. The monoisotopic (exact) mass is 461 g/mol. The molecular weight excluding hydrogens is 445 g/mol. The van der Waals surface area contributed by atoms with E-state index in [4.69, 9.17) is 33.2 Å². The standard InChI is InChI=1S/C24H17Cl2N5O/c1-14(15-6-8-16(25)9-7-15)29-30-22(32)13-31-21-5-3-2-4-18(21)23-24(31)28-19-11-10-17(26)12-20(19)27-23/h2-12H,13H2,1H3,(H,30,32)/b29-14-. The number of carbonyl (C=O) groups is 1. The van der Waals surface area contributed by atoms with Crippen LogP contribution in [0, 0.1) is 0 Å². The highest BCUT2D eigenvalue weighted by atomic mass is 35.5. The van der Waals surface area contributed by atoms with Gasteiger partial charge in [-0.25, -0.2) is 15.4 Å². The molecule has 0 saturated carbocycles. The van der Waals surface area contributed by atoms with Gasteiger partial charge < -0.3 is 4.57 Å². The lowest BCUT2D eigenvalue weighted by Gasteiger charge is -2.07. The number of rotatable bonds is 4. The number of fused-ring (bicyclic) bond motifs is 4. The molecule has 0 aliphatic rings. The number of hydrogen-bond donors (Lipinski definition) is 1. The van der Waals surface area contributed by atoms with Crippen molar-refractivity contribution in [3.05, 3.63) is 82.3 Å². The molecule has 0 unspecified atom stereocenters. The second-order valence-electron chi connectivity index (χ2n) is 7.37. The number of benzene rings is 3. The second kappa shape index (κ2) is 8.22. The number of aromatic nitrogens is 3. The van der Waals surface area contributed by atoms with Crippen molar-refractivity contribution in [3.8, 4) is 0 Å². The van der Waals surface area contributed by atoms with Gasteiger partial charge in [0.2, 0.25) is 0 Å². The number of carbonyl (C=O) groups excluding carboxylic acids is 1. The van der Waals surface area contributed by atoms with Crippen LogP contribution in [0.2, 0.25) is 10.0 Å². The van der Waals surface area contributed by atoms with Gasteiger partial charge >= 0.3 is 0 Å². The molecule has 3 aromatic carbocycles. The van der Waals surface area contributed by atoms with Crippen LogP contribution in [0.5, 0.6) is 0 Å². The third-order valence-corrected chi connectivity index (χ3v) is 5.71. The molecule has 0 aliphatic heterocycles. The lowest BCUT2D eigenvalue weighted by atomic mass is 10.1. The Morgan fingerprint density at radius 3 is 2.53 bits per heavy atom. The highest BCUT2D eigenvalue weighted by molar-refractivity contribution is 6.31. The molecule has 8 heteroatoms. The fourth-order valence-corrected chi connectivity index (χ4v) is 3.94.